The van der Waals surface area contributed by atoms with E-state index in [1.54, 1.807) is 25.6 Å². The highest BCUT2D eigenvalue weighted by Crippen LogP contribution is 2.34. The van der Waals surface area contributed by atoms with Crippen molar-refractivity contribution in [1.82, 2.24) is 15.0 Å². The first kappa shape index (κ1) is 14.5. The van der Waals surface area contributed by atoms with Gasteiger partial charge in [-0.3, -0.25) is 0 Å². The molecular weight excluding hydrogens is 300 g/mol. The molecule has 114 valence electrons. The van der Waals surface area contributed by atoms with Crippen LogP contribution in [-0.2, 0) is 6.42 Å². The lowest BCUT2D eigenvalue weighted by molar-refractivity contribution is 0.356. The molecule has 0 aliphatic heterocycles. The zero-order chi connectivity index (χ0) is 15.5. The molecule has 1 N–H and O–H groups in total. The van der Waals surface area contributed by atoms with Crippen LogP contribution in [-0.4, -0.2) is 29.2 Å². The number of nitrogens with one attached hydrogen (secondary N) is 1. The average Bonchev–Trinajstić information content (AvgIpc) is 3.01. The number of aromatic nitrogens is 3. The van der Waals surface area contributed by atoms with E-state index in [9.17, 15) is 0 Å². The standard InChI is InChI=1S/C15H16N4O2S/c1-4-9-7-16-15(22-9)19-14-10-5-12(20-2)13(21-3)6-11(10)17-8-18-14/h5-8H,4H2,1-3H3,(H,16,17,18,19). The zero-order valence-corrected chi connectivity index (χ0v) is 13.4. The molecule has 0 aliphatic rings. The van der Waals surface area contributed by atoms with Gasteiger partial charge in [0.25, 0.3) is 0 Å². The Balaban J connectivity index is 2.05. The van der Waals surface area contributed by atoms with Gasteiger partial charge in [0, 0.05) is 22.5 Å². The van der Waals surface area contributed by atoms with Crippen LogP contribution in [0, 0.1) is 0 Å². The van der Waals surface area contributed by atoms with Crippen molar-refractivity contribution in [2.45, 2.75) is 13.3 Å². The molecule has 2 heterocycles. The summed E-state index contributed by atoms with van der Waals surface area (Å²) in [5, 5.41) is 4.92. The SMILES string of the molecule is CCc1cnc(Nc2ncnc3cc(OC)c(OC)cc23)s1. The molecule has 0 amide bonds. The number of hydrogen-bond acceptors (Lipinski definition) is 7. The maximum absolute atomic E-state index is 5.35. The molecule has 0 atom stereocenters. The summed E-state index contributed by atoms with van der Waals surface area (Å²) >= 11 is 1.62. The zero-order valence-electron chi connectivity index (χ0n) is 12.6. The Labute approximate surface area is 132 Å². The molecule has 2 aromatic heterocycles. The van der Waals surface area contributed by atoms with Crippen molar-refractivity contribution < 1.29 is 9.47 Å². The molecule has 0 saturated heterocycles. The number of rotatable bonds is 5. The van der Waals surface area contributed by atoms with Crippen LogP contribution in [0.15, 0.2) is 24.7 Å². The molecule has 0 fully saturated rings. The van der Waals surface area contributed by atoms with Crippen LogP contribution >= 0.6 is 11.3 Å². The quantitative estimate of drug-likeness (QED) is 0.778. The van der Waals surface area contributed by atoms with E-state index >= 15 is 0 Å². The summed E-state index contributed by atoms with van der Waals surface area (Å²) in [6.45, 7) is 2.11. The minimum absolute atomic E-state index is 0.640. The van der Waals surface area contributed by atoms with Gasteiger partial charge < -0.3 is 14.8 Å². The molecule has 0 aliphatic carbocycles. The van der Waals surface area contributed by atoms with Crippen molar-refractivity contribution in [3.8, 4) is 11.5 Å². The van der Waals surface area contributed by atoms with E-state index in [1.807, 2.05) is 18.3 Å². The van der Waals surface area contributed by atoms with Crippen molar-refractivity contribution in [1.29, 1.82) is 0 Å². The Morgan fingerprint density at radius 2 is 1.86 bits per heavy atom. The highest BCUT2D eigenvalue weighted by molar-refractivity contribution is 7.15. The van der Waals surface area contributed by atoms with Crippen molar-refractivity contribution in [2.24, 2.45) is 0 Å². The van der Waals surface area contributed by atoms with Gasteiger partial charge in [0.1, 0.15) is 12.1 Å². The third kappa shape index (κ3) is 2.67. The number of hydrogen-bond donors (Lipinski definition) is 1. The van der Waals surface area contributed by atoms with E-state index in [0.29, 0.717) is 17.3 Å². The third-order valence-electron chi connectivity index (χ3n) is 3.27. The molecule has 0 spiro atoms. The topological polar surface area (TPSA) is 69.2 Å². The predicted octanol–water partition coefficient (Wildman–Crippen LogP) is 3.41. The molecule has 1 aromatic carbocycles. The number of methoxy groups -OCH3 is 2. The summed E-state index contributed by atoms with van der Waals surface area (Å²) in [5.41, 5.74) is 0.780. The molecule has 3 rings (SSSR count). The van der Waals surface area contributed by atoms with Crippen molar-refractivity contribution in [2.75, 3.05) is 19.5 Å². The van der Waals surface area contributed by atoms with Crippen LogP contribution in [0.25, 0.3) is 10.9 Å². The van der Waals surface area contributed by atoms with Crippen LogP contribution in [0.3, 0.4) is 0 Å². The van der Waals surface area contributed by atoms with Gasteiger partial charge in [-0.1, -0.05) is 6.92 Å². The highest BCUT2D eigenvalue weighted by Gasteiger charge is 2.12. The van der Waals surface area contributed by atoms with E-state index < -0.39 is 0 Å². The van der Waals surface area contributed by atoms with Gasteiger partial charge in [0.2, 0.25) is 0 Å². The summed E-state index contributed by atoms with van der Waals surface area (Å²) in [6.07, 6.45) is 4.36. The summed E-state index contributed by atoms with van der Waals surface area (Å²) in [7, 11) is 3.21. The Hall–Kier alpha value is -2.41. The smallest absolute Gasteiger partial charge is 0.188 e. The number of thiazole rings is 1. The van der Waals surface area contributed by atoms with Crippen LogP contribution in [0.2, 0.25) is 0 Å². The molecule has 0 bridgehead atoms. The van der Waals surface area contributed by atoms with Gasteiger partial charge in [0.05, 0.1) is 19.7 Å². The summed E-state index contributed by atoms with van der Waals surface area (Å²) < 4.78 is 10.7. The van der Waals surface area contributed by atoms with E-state index in [0.717, 1.165) is 22.5 Å². The fraction of sp³-hybridized carbons (Fsp3) is 0.267. The Kier molecular flexibility index (Phi) is 4.06. The first-order valence-corrected chi connectivity index (χ1v) is 7.65. The largest absolute Gasteiger partial charge is 0.493 e. The van der Waals surface area contributed by atoms with Crippen LogP contribution < -0.4 is 14.8 Å². The van der Waals surface area contributed by atoms with Crippen LogP contribution in [0.1, 0.15) is 11.8 Å². The van der Waals surface area contributed by atoms with Gasteiger partial charge in [-0.2, -0.15) is 0 Å². The summed E-state index contributed by atoms with van der Waals surface area (Å²) in [4.78, 5) is 14.2. The molecule has 0 saturated carbocycles. The molecule has 6 nitrogen and oxygen atoms in total. The van der Waals surface area contributed by atoms with Crippen molar-refractivity contribution in [3.63, 3.8) is 0 Å². The number of nitrogens with zero attached hydrogens (tertiary/aromatic N) is 3. The van der Waals surface area contributed by atoms with E-state index in [1.165, 1.54) is 11.2 Å². The van der Waals surface area contributed by atoms with Gasteiger partial charge in [0.15, 0.2) is 16.6 Å². The third-order valence-corrected chi connectivity index (χ3v) is 4.33. The molecule has 7 heteroatoms. The number of fused-ring (bicyclic) bond motifs is 1. The lowest BCUT2D eigenvalue weighted by Gasteiger charge is -2.11. The van der Waals surface area contributed by atoms with Gasteiger partial charge in [-0.05, 0) is 12.5 Å². The van der Waals surface area contributed by atoms with Gasteiger partial charge in [-0.15, -0.1) is 11.3 Å². The Morgan fingerprint density at radius 3 is 2.55 bits per heavy atom. The van der Waals surface area contributed by atoms with Gasteiger partial charge >= 0.3 is 0 Å². The van der Waals surface area contributed by atoms with Crippen molar-refractivity contribution >= 4 is 33.2 Å². The molecule has 3 aromatic rings. The summed E-state index contributed by atoms with van der Waals surface area (Å²) in [6, 6.07) is 3.70. The molecular formula is C15H16N4O2S. The van der Waals surface area contributed by atoms with E-state index in [4.69, 9.17) is 9.47 Å². The van der Waals surface area contributed by atoms with Crippen molar-refractivity contribution in [3.05, 3.63) is 29.5 Å². The fourth-order valence-corrected chi connectivity index (χ4v) is 2.86. The first-order chi connectivity index (χ1) is 10.7. The van der Waals surface area contributed by atoms with Gasteiger partial charge in [-0.25, -0.2) is 15.0 Å². The molecule has 22 heavy (non-hydrogen) atoms. The Morgan fingerprint density at radius 1 is 1.09 bits per heavy atom. The second-order valence-corrected chi connectivity index (χ2v) is 5.67. The lowest BCUT2D eigenvalue weighted by atomic mass is 10.2. The lowest BCUT2D eigenvalue weighted by Crippen LogP contribution is -1.97. The number of benzene rings is 1. The number of ether oxygens (including phenoxy) is 2. The monoisotopic (exact) mass is 316 g/mol. The Bertz CT molecular complexity index is 803. The second kappa shape index (κ2) is 6.15. The van der Waals surface area contributed by atoms with Crippen LogP contribution in [0.4, 0.5) is 10.9 Å². The maximum Gasteiger partial charge on any atom is 0.188 e. The minimum atomic E-state index is 0.640. The average molecular weight is 316 g/mol. The number of aryl methyl sites for hydroxylation is 1. The molecule has 0 radical (unpaired) electrons. The van der Waals surface area contributed by atoms with Crippen LogP contribution in [0.5, 0.6) is 11.5 Å². The predicted molar refractivity (Wildman–Crippen MR) is 87.4 cm³/mol. The minimum Gasteiger partial charge on any atom is -0.493 e. The van der Waals surface area contributed by atoms with E-state index in [-0.39, 0.29) is 0 Å². The highest BCUT2D eigenvalue weighted by atomic mass is 32.1. The maximum atomic E-state index is 5.35. The van der Waals surface area contributed by atoms with E-state index in [2.05, 4.69) is 27.2 Å². The number of anilines is 2. The second-order valence-electron chi connectivity index (χ2n) is 4.56. The normalized spacial score (nSPS) is 10.7. The summed E-state index contributed by atoms with van der Waals surface area (Å²) in [5.74, 6) is 1.98. The first-order valence-electron chi connectivity index (χ1n) is 6.83. The fourth-order valence-electron chi connectivity index (χ4n) is 2.11. The molecule has 0 unspecified atom stereocenters.